The van der Waals surface area contributed by atoms with Gasteiger partial charge in [0.2, 0.25) is 0 Å². The molecule has 96 valence electrons. The van der Waals surface area contributed by atoms with Crippen LogP contribution in [-0.4, -0.2) is 56.6 Å². The maximum Gasteiger partial charge on any atom is 0.0496 e. The molecule has 0 spiro atoms. The van der Waals surface area contributed by atoms with Crippen molar-refractivity contribution in [3.05, 3.63) is 21.9 Å². The van der Waals surface area contributed by atoms with Crippen LogP contribution in [0.1, 0.15) is 16.5 Å². The van der Waals surface area contributed by atoms with Crippen molar-refractivity contribution in [2.45, 2.75) is 19.0 Å². The molecule has 0 saturated carbocycles. The number of hydrogen-bond acceptors (Lipinski definition) is 4. The van der Waals surface area contributed by atoms with Gasteiger partial charge in [-0.15, -0.1) is 11.3 Å². The van der Waals surface area contributed by atoms with Crippen molar-refractivity contribution in [3.8, 4) is 0 Å². The Morgan fingerprint density at radius 2 is 2.18 bits per heavy atom. The average molecular weight is 253 g/mol. The van der Waals surface area contributed by atoms with Gasteiger partial charge < -0.3 is 10.2 Å². The molecule has 0 bridgehead atoms. The number of nitrogens with one attached hydrogen (secondary N) is 1. The first-order valence-corrected chi connectivity index (χ1v) is 7.11. The fourth-order valence-corrected chi connectivity index (χ4v) is 3.35. The maximum atomic E-state index is 3.49. The highest BCUT2D eigenvalue weighted by molar-refractivity contribution is 7.10. The van der Waals surface area contributed by atoms with Gasteiger partial charge in [-0.2, -0.15) is 0 Å². The van der Waals surface area contributed by atoms with E-state index < -0.39 is 0 Å². The molecule has 0 aliphatic carbocycles. The number of aryl methyl sites for hydroxylation is 1. The summed E-state index contributed by atoms with van der Waals surface area (Å²) in [4.78, 5) is 6.30. The first-order chi connectivity index (χ1) is 8.11. The normalized spacial score (nSPS) is 25.1. The summed E-state index contributed by atoms with van der Waals surface area (Å²) >= 11 is 1.84. The lowest BCUT2D eigenvalue weighted by atomic mass is 9.98. The molecule has 17 heavy (non-hydrogen) atoms. The van der Waals surface area contributed by atoms with E-state index in [0.29, 0.717) is 12.1 Å². The van der Waals surface area contributed by atoms with E-state index in [1.54, 1.807) is 0 Å². The van der Waals surface area contributed by atoms with Crippen LogP contribution in [-0.2, 0) is 0 Å². The third-order valence-corrected chi connectivity index (χ3v) is 4.58. The van der Waals surface area contributed by atoms with E-state index in [2.05, 4.69) is 54.6 Å². The van der Waals surface area contributed by atoms with Crippen LogP contribution in [0.25, 0.3) is 0 Å². The summed E-state index contributed by atoms with van der Waals surface area (Å²) in [6.07, 6.45) is 0. The van der Waals surface area contributed by atoms with E-state index in [0.717, 1.165) is 13.1 Å². The minimum Gasteiger partial charge on any atom is -0.312 e. The summed E-state index contributed by atoms with van der Waals surface area (Å²) in [6, 6.07) is 3.31. The molecular weight excluding hydrogens is 230 g/mol. The minimum atomic E-state index is 0.438. The monoisotopic (exact) mass is 253 g/mol. The quantitative estimate of drug-likeness (QED) is 0.882. The van der Waals surface area contributed by atoms with Crippen LogP contribution in [0.5, 0.6) is 0 Å². The molecule has 2 rings (SSSR count). The van der Waals surface area contributed by atoms with Crippen molar-refractivity contribution < 1.29 is 0 Å². The van der Waals surface area contributed by atoms with Gasteiger partial charge in [0.05, 0.1) is 0 Å². The van der Waals surface area contributed by atoms with E-state index in [-0.39, 0.29) is 0 Å². The lowest BCUT2D eigenvalue weighted by molar-refractivity contribution is 0.0898. The van der Waals surface area contributed by atoms with Crippen molar-refractivity contribution in [3.63, 3.8) is 0 Å². The molecule has 1 aromatic heterocycles. The highest BCUT2D eigenvalue weighted by atomic mass is 32.1. The molecule has 1 fully saturated rings. The number of thiophene rings is 1. The molecule has 1 aliphatic heterocycles. The Balaban J connectivity index is 2.16. The molecule has 1 aliphatic rings. The van der Waals surface area contributed by atoms with Gasteiger partial charge in [-0.05, 0) is 45.1 Å². The second kappa shape index (κ2) is 5.48. The Kier molecular flexibility index (Phi) is 4.20. The molecule has 2 atom stereocenters. The Morgan fingerprint density at radius 1 is 1.41 bits per heavy atom. The first-order valence-electron chi connectivity index (χ1n) is 6.23. The zero-order chi connectivity index (χ0) is 12.4. The summed E-state index contributed by atoms with van der Waals surface area (Å²) in [5.41, 5.74) is 1.43. The summed E-state index contributed by atoms with van der Waals surface area (Å²) in [6.45, 7) is 5.64. The summed E-state index contributed by atoms with van der Waals surface area (Å²) < 4.78 is 0. The van der Waals surface area contributed by atoms with Gasteiger partial charge in [-0.3, -0.25) is 4.90 Å². The number of likely N-dealkylation sites (N-methyl/N-ethyl adjacent to an activating group) is 3. The second-order valence-electron chi connectivity index (χ2n) is 5.07. The van der Waals surface area contributed by atoms with Crippen molar-refractivity contribution >= 4 is 11.3 Å². The zero-order valence-electron chi connectivity index (χ0n) is 11.2. The fraction of sp³-hybridized carbons (Fsp3) is 0.692. The number of piperazine rings is 1. The van der Waals surface area contributed by atoms with E-state index >= 15 is 0 Å². The van der Waals surface area contributed by atoms with Crippen LogP contribution >= 0.6 is 11.3 Å². The summed E-state index contributed by atoms with van der Waals surface area (Å²) in [5.74, 6) is 0. The zero-order valence-corrected chi connectivity index (χ0v) is 12.0. The molecule has 1 N–H and O–H groups in total. The van der Waals surface area contributed by atoms with E-state index in [1.807, 2.05) is 11.3 Å². The molecule has 3 nitrogen and oxygen atoms in total. The van der Waals surface area contributed by atoms with Crippen molar-refractivity contribution in [2.24, 2.45) is 0 Å². The maximum absolute atomic E-state index is 3.49. The standard InChI is InChI=1S/C13H23N3S/c1-10-7-11(9-17-10)13(14-2)12-8-15(3)5-6-16(12)4/h7,9,12-14H,5-6,8H2,1-4H3. The van der Waals surface area contributed by atoms with Crippen molar-refractivity contribution in [1.29, 1.82) is 0 Å². The van der Waals surface area contributed by atoms with Crippen LogP contribution in [0.4, 0.5) is 0 Å². The van der Waals surface area contributed by atoms with Gasteiger partial charge in [0.25, 0.3) is 0 Å². The highest BCUT2D eigenvalue weighted by Gasteiger charge is 2.30. The molecule has 1 aromatic rings. The van der Waals surface area contributed by atoms with Crippen LogP contribution in [0.2, 0.25) is 0 Å². The SMILES string of the molecule is CNC(c1csc(C)c1)C1CN(C)CCN1C. The Bertz CT molecular complexity index is 363. The molecule has 0 aromatic carbocycles. The minimum absolute atomic E-state index is 0.438. The van der Waals surface area contributed by atoms with Gasteiger partial charge in [-0.1, -0.05) is 0 Å². The Morgan fingerprint density at radius 3 is 2.76 bits per heavy atom. The summed E-state index contributed by atoms with van der Waals surface area (Å²) in [7, 11) is 6.52. The first kappa shape index (κ1) is 13.0. The van der Waals surface area contributed by atoms with Crippen LogP contribution in [0, 0.1) is 6.92 Å². The molecule has 0 amide bonds. The smallest absolute Gasteiger partial charge is 0.0496 e. The molecule has 4 heteroatoms. The number of rotatable bonds is 3. The Labute approximate surface area is 108 Å². The van der Waals surface area contributed by atoms with Crippen LogP contribution < -0.4 is 5.32 Å². The molecule has 2 unspecified atom stereocenters. The molecule has 2 heterocycles. The number of nitrogens with zero attached hydrogens (tertiary/aromatic N) is 2. The van der Waals surface area contributed by atoms with Gasteiger partial charge in [0.15, 0.2) is 0 Å². The topological polar surface area (TPSA) is 18.5 Å². The van der Waals surface area contributed by atoms with E-state index in [9.17, 15) is 0 Å². The van der Waals surface area contributed by atoms with Crippen LogP contribution in [0.3, 0.4) is 0 Å². The summed E-state index contributed by atoms with van der Waals surface area (Å²) in [5, 5.41) is 5.78. The van der Waals surface area contributed by atoms with E-state index in [1.165, 1.54) is 17.0 Å². The second-order valence-corrected chi connectivity index (χ2v) is 6.18. The third-order valence-electron chi connectivity index (χ3n) is 3.71. The predicted molar refractivity (Wildman–Crippen MR) is 74.8 cm³/mol. The van der Waals surface area contributed by atoms with E-state index in [4.69, 9.17) is 0 Å². The van der Waals surface area contributed by atoms with Gasteiger partial charge >= 0.3 is 0 Å². The fourth-order valence-electron chi connectivity index (χ4n) is 2.61. The van der Waals surface area contributed by atoms with Gasteiger partial charge in [0, 0.05) is 36.6 Å². The highest BCUT2D eigenvalue weighted by Crippen LogP contribution is 2.26. The average Bonchev–Trinajstić information content (AvgIpc) is 2.71. The molecular formula is C13H23N3S. The Hall–Kier alpha value is -0.420. The largest absolute Gasteiger partial charge is 0.312 e. The third kappa shape index (κ3) is 2.88. The number of hydrogen-bond donors (Lipinski definition) is 1. The molecule has 1 saturated heterocycles. The van der Waals surface area contributed by atoms with Gasteiger partial charge in [0.1, 0.15) is 0 Å². The lowest BCUT2D eigenvalue weighted by Gasteiger charge is -2.41. The van der Waals surface area contributed by atoms with Crippen molar-refractivity contribution in [1.82, 2.24) is 15.1 Å². The molecule has 0 radical (unpaired) electrons. The lowest BCUT2D eigenvalue weighted by Crippen LogP contribution is -2.54. The van der Waals surface area contributed by atoms with Crippen molar-refractivity contribution in [2.75, 3.05) is 40.8 Å². The van der Waals surface area contributed by atoms with Gasteiger partial charge in [-0.25, -0.2) is 0 Å². The predicted octanol–water partition coefficient (Wildman–Crippen LogP) is 1.56. The van der Waals surface area contributed by atoms with Crippen LogP contribution in [0.15, 0.2) is 11.4 Å².